The second-order valence-electron chi connectivity index (χ2n) is 5.35. The Balaban J connectivity index is 2.40. The first-order valence-corrected chi connectivity index (χ1v) is 8.49. The fraction of sp³-hybridized carbons (Fsp3) is 0.571. The van der Waals surface area contributed by atoms with E-state index >= 15 is 0 Å². The number of nitrogens with two attached hydrogens (primary N) is 1. The summed E-state index contributed by atoms with van der Waals surface area (Å²) >= 11 is 0. The monoisotopic (exact) mass is 282 g/mol. The molecule has 106 valence electrons. The summed E-state index contributed by atoms with van der Waals surface area (Å²) in [4.78, 5) is 2.16. The molecule has 0 aromatic heterocycles. The topological polar surface area (TPSA) is 63.4 Å². The number of likely N-dealkylation sites (N-methyl/N-ethyl adjacent to an activating group) is 1. The van der Waals surface area contributed by atoms with E-state index in [-0.39, 0.29) is 11.5 Å². The molecule has 1 fully saturated rings. The van der Waals surface area contributed by atoms with Crippen LogP contribution in [0.1, 0.15) is 18.9 Å². The van der Waals surface area contributed by atoms with Gasteiger partial charge in [0.2, 0.25) is 0 Å². The normalized spacial score (nSPS) is 25.4. The molecule has 5 heteroatoms. The first-order chi connectivity index (χ1) is 8.92. The molecule has 1 aromatic carbocycles. The lowest BCUT2D eigenvalue weighted by Gasteiger charge is -2.41. The Kier molecular flexibility index (Phi) is 3.87. The molecule has 1 aromatic rings. The zero-order chi connectivity index (χ0) is 14.1. The van der Waals surface area contributed by atoms with Gasteiger partial charge >= 0.3 is 0 Å². The van der Waals surface area contributed by atoms with Crippen LogP contribution in [0.4, 0.5) is 5.69 Å². The van der Waals surface area contributed by atoms with Crippen LogP contribution in [0.3, 0.4) is 0 Å². The average Bonchev–Trinajstić information content (AvgIpc) is 2.67. The van der Waals surface area contributed by atoms with Crippen LogP contribution in [-0.4, -0.2) is 38.6 Å². The van der Waals surface area contributed by atoms with E-state index in [0.717, 1.165) is 12.2 Å². The van der Waals surface area contributed by atoms with E-state index in [2.05, 4.69) is 11.0 Å². The van der Waals surface area contributed by atoms with Gasteiger partial charge in [-0.2, -0.15) is 0 Å². The van der Waals surface area contributed by atoms with Crippen LogP contribution in [0.2, 0.25) is 0 Å². The minimum Gasteiger partial charge on any atom is -0.364 e. The second-order valence-corrected chi connectivity index (χ2v) is 7.54. The van der Waals surface area contributed by atoms with E-state index in [9.17, 15) is 8.42 Å². The molecule has 2 N–H and O–H groups in total. The number of benzene rings is 1. The van der Waals surface area contributed by atoms with Gasteiger partial charge in [0.15, 0.2) is 9.84 Å². The van der Waals surface area contributed by atoms with E-state index in [1.54, 1.807) is 0 Å². The molecular weight excluding hydrogens is 260 g/mol. The molecule has 0 bridgehead atoms. The molecule has 1 saturated heterocycles. The van der Waals surface area contributed by atoms with Gasteiger partial charge in [0.25, 0.3) is 0 Å². The van der Waals surface area contributed by atoms with Crippen molar-refractivity contribution in [2.24, 2.45) is 5.73 Å². The van der Waals surface area contributed by atoms with Crippen LogP contribution in [0.25, 0.3) is 0 Å². The van der Waals surface area contributed by atoms with Crippen molar-refractivity contribution in [3.63, 3.8) is 0 Å². The Labute approximate surface area is 115 Å². The Morgan fingerprint density at radius 1 is 1.42 bits per heavy atom. The van der Waals surface area contributed by atoms with Gasteiger partial charge in [-0.05, 0) is 38.0 Å². The number of anilines is 1. The van der Waals surface area contributed by atoms with Gasteiger partial charge in [-0.15, -0.1) is 0 Å². The van der Waals surface area contributed by atoms with E-state index < -0.39 is 15.4 Å². The molecule has 1 heterocycles. The van der Waals surface area contributed by atoms with Crippen molar-refractivity contribution in [2.75, 3.05) is 29.5 Å². The smallest absolute Gasteiger partial charge is 0.152 e. The van der Waals surface area contributed by atoms with E-state index in [0.29, 0.717) is 13.0 Å². The van der Waals surface area contributed by atoms with Crippen molar-refractivity contribution >= 4 is 15.5 Å². The third-order valence-corrected chi connectivity index (χ3v) is 5.75. The number of nitrogens with zero attached hydrogens (tertiary/aromatic N) is 1. The Bertz CT molecular complexity index is 556. The summed E-state index contributed by atoms with van der Waals surface area (Å²) in [5.41, 5.74) is 7.72. The summed E-state index contributed by atoms with van der Waals surface area (Å²) in [7, 11) is -2.96. The fourth-order valence-corrected chi connectivity index (χ4v) is 5.04. The molecule has 0 saturated carbocycles. The van der Waals surface area contributed by atoms with Gasteiger partial charge in [-0.25, -0.2) is 8.42 Å². The largest absolute Gasteiger partial charge is 0.364 e. The van der Waals surface area contributed by atoms with Gasteiger partial charge in [-0.3, -0.25) is 0 Å². The SMILES string of the molecule is CCN(c1cccc(C)c1)C1(CN)CCS(=O)(=O)C1. The van der Waals surface area contributed by atoms with Crippen molar-refractivity contribution < 1.29 is 8.42 Å². The lowest BCUT2D eigenvalue weighted by Crippen LogP contribution is -2.55. The fourth-order valence-electron chi connectivity index (χ4n) is 2.97. The predicted octanol–water partition coefficient (Wildman–Crippen LogP) is 1.34. The van der Waals surface area contributed by atoms with Gasteiger partial charge in [0, 0.05) is 18.8 Å². The maximum absolute atomic E-state index is 11.8. The highest BCUT2D eigenvalue weighted by atomic mass is 32.2. The first kappa shape index (κ1) is 14.3. The minimum absolute atomic E-state index is 0.165. The van der Waals surface area contributed by atoms with Crippen LogP contribution in [0.5, 0.6) is 0 Å². The molecule has 1 aliphatic rings. The quantitative estimate of drug-likeness (QED) is 0.905. The highest BCUT2D eigenvalue weighted by Crippen LogP contribution is 2.33. The molecule has 0 aliphatic carbocycles. The van der Waals surface area contributed by atoms with Crippen LogP contribution >= 0.6 is 0 Å². The zero-order valence-electron chi connectivity index (χ0n) is 11.6. The first-order valence-electron chi connectivity index (χ1n) is 6.67. The molecule has 0 amide bonds. The van der Waals surface area contributed by atoms with Gasteiger partial charge in [0.05, 0.1) is 17.0 Å². The summed E-state index contributed by atoms with van der Waals surface area (Å²) in [6.45, 7) is 5.21. The van der Waals surface area contributed by atoms with E-state index in [1.165, 1.54) is 5.56 Å². The maximum Gasteiger partial charge on any atom is 0.152 e. The zero-order valence-corrected chi connectivity index (χ0v) is 12.4. The Morgan fingerprint density at radius 3 is 2.63 bits per heavy atom. The van der Waals surface area contributed by atoms with Crippen molar-refractivity contribution in [3.05, 3.63) is 29.8 Å². The predicted molar refractivity (Wildman–Crippen MR) is 79.3 cm³/mol. The molecule has 19 heavy (non-hydrogen) atoms. The van der Waals surface area contributed by atoms with Gasteiger partial charge in [0.1, 0.15) is 0 Å². The second kappa shape index (κ2) is 5.13. The third kappa shape index (κ3) is 2.77. The van der Waals surface area contributed by atoms with E-state index in [1.807, 2.05) is 32.0 Å². The standard InChI is InChI=1S/C14H22N2O2S/c1-3-16(13-6-4-5-12(2)9-13)14(10-15)7-8-19(17,18)11-14/h4-6,9H,3,7-8,10-11,15H2,1-2H3. The van der Waals surface area contributed by atoms with Gasteiger partial charge in [-0.1, -0.05) is 12.1 Å². The molecule has 0 radical (unpaired) electrons. The Morgan fingerprint density at radius 2 is 2.16 bits per heavy atom. The lowest BCUT2D eigenvalue weighted by molar-refractivity contribution is 0.444. The number of rotatable bonds is 4. The number of sulfone groups is 1. The maximum atomic E-state index is 11.8. The van der Waals surface area contributed by atoms with E-state index in [4.69, 9.17) is 5.73 Å². The van der Waals surface area contributed by atoms with Crippen molar-refractivity contribution in [3.8, 4) is 0 Å². The van der Waals surface area contributed by atoms with Crippen LogP contribution in [0, 0.1) is 6.92 Å². The lowest BCUT2D eigenvalue weighted by atomic mass is 9.95. The van der Waals surface area contributed by atoms with Crippen LogP contribution in [0.15, 0.2) is 24.3 Å². The summed E-state index contributed by atoms with van der Waals surface area (Å²) in [5, 5.41) is 0. The minimum atomic E-state index is -2.96. The van der Waals surface area contributed by atoms with Crippen molar-refractivity contribution in [1.82, 2.24) is 0 Å². The summed E-state index contributed by atoms with van der Waals surface area (Å²) < 4.78 is 23.7. The molecule has 1 unspecified atom stereocenters. The van der Waals surface area contributed by atoms with Crippen molar-refractivity contribution in [2.45, 2.75) is 25.8 Å². The number of aryl methyl sites for hydroxylation is 1. The summed E-state index contributed by atoms with van der Waals surface area (Å²) in [5.74, 6) is 0.408. The molecule has 1 atom stereocenters. The highest BCUT2D eigenvalue weighted by molar-refractivity contribution is 7.91. The Hall–Kier alpha value is -1.07. The third-order valence-electron chi connectivity index (χ3n) is 3.95. The highest BCUT2D eigenvalue weighted by Gasteiger charge is 2.45. The van der Waals surface area contributed by atoms with Gasteiger partial charge < -0.3 is 10.6 Å². The molecule has 2 rings (SSSR count). The molecular formula is C14H22N2O2S. The summed E-state index contributed by atoms with van der Waals surface area (Å²) in [6, 6.07) is 8.16. The molecule has 4 nitrogen and oxygen atoms in total. The number of hydrogen-bond donors (Lipinski definition) is 1. The van der Waals surface area contributed by atoms with Crippen molar-refractivity contribution in [1.29, 1.82) is 0 Å². The molecule has 0 spiro atoms. The van der Waals surface area contributed by atoms with Crippen LogP contribution < -0.4 is 10.6 Å². The van der Waals surface area contributed by atoms with Crippen LogP contribution in [-0.2, 0) is 9.84 Å². The average molecular weight is 282 g/mol. The summed E-state index contributed by atoms with van der Waals surface area (Å²) in [6.07, 6.45) is 0.619. The number of hydrogen-bond acceptors (Lipinski definition) is 4. The molecule has 1 aliphatic heterocycles.